The van der Waals surface area contributed by atoms with Gasteiger partial charge in [0.1, 0.15) is 0 Å². The standard InChI is InChI=1S/C118H74N6/c1-6-25-75(26-7-1)77-47-57-90(58-48-77)123-114-70-80(79-56-66-109-106(68-79)102-65-55-85(74-113(102)120(109)87-31-10-3-11-32-87)92-39-22-42-103-96-38-19-21-46-108(96)122(116(92)103)89-35-14-5-15-36-89)51-61-100(114)104-43-23-40-93(117(104)123)84-54-64-99-98-60-50-81(69-110(98)121(112(99)73-84)88-33-12-4-13-34-88)82-52-62-101-105-44-24-41-94(118(105)124(115(101)71-82)91-59-49-76-27-16-17-28-78(76)67-91)83-53-63-97-95-37-18-20-45-107(95)119(111(97)72-83)86-29-8-2-9-30-86/h1-74H. The monoisotopic (exact) mass is 1570 g/mol. The van der Waals surface area contributed by atoms with Crippen LogP contribution in [0, 0.1) is 0 Å². The van der Waals surface area contributed by atoms with Crippen LogP contribution >= 0.6 is 0 Å². The first kappa shape index (κ1) is 69.4. The van der Waals surface area contributed by atoms with Crippen LogP contribution in [0.15, 0.2) is 449 Å². The van der Waals surface area contributed by atoms with Gasteiger partial charge in [0, 0.05) is 115 Å². The van der Waals surface area contributed by atoms with Gasteiger partial charge >= 0.3 is 0 Å². The van der Waals surface area contributed by atoms with Gasteiger partial charge in [-0.3, -0.25) is 0 Å². The number of rotatable bonds is 12. The summed E-state index contributed by atoms with van der Waals surface area (Å²) in [6.07, 6.45) is 0. The van der Waals surface area contributed by atoms with Crippen LogP contribution in [0.1, 0.15) is 0 Å². The van der Waals surface area contributed by atoms with Crippen molar-refractivity contribution < 1.29 is 0 Å². The van der Waals surface area contributed by atoms with Crippen molar-refractivity contribution >= 4 is 142 Å². The van der Waals surface area contributed by atoms with Crippen LogP contribution in [0.2, 0.25) is 0 Å². The summed E-state index contributed by atoms with van der Waals surface area (Å²) in [5, 5.41) is 16.9. The molecular formula is C118H74N6. The van der Waals surface area contributed by atoms with Crippen molar-refractivity contribution in [3.05, 3.63) is 449 Å². The molecular weight excluding hydrogens is 1500 g/mol. The molecule has 0 saturated heterocycles. The average Bonchev–Trinajstić information content (AvgIpc) is 1.57. The third-order valence-corrected chi connectivity index (χ3v) is 26.4. The van der Waals surface area contributed by atoms with Crippen LogP contribution < -0.4 is 0 Å². The Morgan fingerprint density at radius 3 is 0.847 bits per heavy atom. The highest BCUT2D eigenvalue weighted by Gasteiger charge is 2.26. The fourth-order valence-corrected chi connectivity index (χ4v) is 20.8. The van der Waals surface area contributed by atoms with Gasteiger partial charge in [-0.25, -0.2) is 0 Å². The summed E-state index contributed by atoms with van der Waals surface area (Å²) in [5.74, 6) is 0. The second kappa shape index (κ2) is 27.5. The van der Waals surface area contributed by atoms with Gasteiger partial charge in [-0.1, -0.05) is 315 Å². The van der Waals surface area contributed by atoms with E-state index in [1.807, 2.05) is 0 Å². The summed E-state index contributed by atoms with van der Waals surface area (Å²) in [6.45, 7) is 0. The highest BCUT2D eigenvalue weighted by molar-refractivity contribution is 6.21. The fourth-order valence-electron chi connectivity index (χ4n) is 20.8. The Labute approximate surface area is 713 Å². The molecule has 0 aliphatic heterocycles. The summed E-state index contributed by atoms with van der Waals surface area (Å²) >= 11 is 0. The molecule has 0 N–H and O–H groups in total. The second-order valence-electron chi connectivity index (χ2n) is 33.1. The van der Waals surface area contributed by atoms with E-state index in [1.54, 1.807) is 0 Å². The zero-order valence-electron chi connectivity index (χ0n) is 67.4. The normalized spacial score (nSPS) is 12.0. The van der Waals surface area contributed by atoms with E-state index in [1.165, 1.54) is 125 Å². The molecule has 6 nitrogen and oxygen atoms in total. The van der Waals surface area contributed by atoms with E-state index in [0.717, 1.165) is 117 Å². The van der Waals surface area contributed by atoms with E-state index in [0.29, 0.717) is 0 Å². The maximum absolute atomic E-state index is 2.53. The third-order valence-electron chi connectivity index (χ3n) is 26.4. The van der Waals surface area contributed by atoms with Crippen molar-refractivity contribution in [2.24, 2.45) is 0 Å². The largest absolute Gasteiger partial charge is 0.309 e. The quantitative estimate of drug-likeness (QED) is 0.117. The molecule has 0 spiro atoms. The first-order valence-corrected chi connectivity index (χ1v) is 42.8. The topological polar surface area (TPSA) is 29.6 Å². The van der Waals surface area contributed by atoms with E-state index in [9.17, 15) is 0 Å². The fraction of sp³-hybridized carbons (Fsp3) is 0. The number of aromatic nitrogens is 6. The molecule has 0 aliphatic rings. The molecule has 0 amide bonds. The lowest BCUT2D eigenvalue weighted by Gasteiger charge is -2.14. The molecule has 124 heavy (non-hydrogen) atoms. The van der Waals surface area contributed by atoms with Gasteiger partial charge in [0.05, 0.1) is 66.2 Å². The molecule has 26 aromatic rings. The summed E-state index contributed by atoms with van der Waals surface area (Å²) in [6, 6.07) is 167. The minimum Gasteiger partial charge on any atom is -0.309 e. The van der Waals surface area contributed by atoms with Crippen molar-refractivity contribution in [3.8, 4) is 101 Å². The number of fused-ring (bicyclic) bond motifs is 19. The van der Waals surface area contributed by atoms with Gasteiger partial charge in [0.15, 0.2) is 0 Å². The molecule has 0 radical (unpaired) electrons. The Morgan fingerprint density at radius 2 is 0.379 bits per heavy atom. The highest BCUT2D eigenvalue weighted by atomic mass is 15.0. The van der Waals surface area contributed by atoms with E-state index < -0.39 is 0 Å². The van der Waals surface area contributed by atoms with Crippen molar-refractivity contribution in [2.75, 3.05) is 0 Å². The van der Waals surface area contributed by atoms with Gasteiger partial charge in [-0.05, 0) is 194 Å². The molecule has 26 rings (SSSR count). The van der Waals surface area contributed by atoms with Crippen molar-refractivity contribution in [3.63, 3.8) is 0 Å². The number of nitrogens with zero attached hydrogens (tertiary/aromatic N) is 6. The number of benzene rings is 20. The highest BCUT2D eigenvalue weighted by Crippen LogP contribution is 2.49. The first-order chi connectivity index (χ1) is 61.5. The lowest BCUT2D eigenvalue weighted by Crippen LogP contribution is -1.97. The van der Waals surface area contributed by atoms with Gasteiger partial charge in [0.25, 0.3) is 0 Å². The molecule has 576 valence electrons. The molecule has 0 fully saturated rings. The lowest BCUT2D eigenvalue weighted by atomic mass is 9.98. The number of hydrogen-bond acceptors (Lipinski definition) is 0. The molecule has 6 aromatic heterocycles. The maximum Gasteiger partial charge on any atom is 0.0619 e. The maximum atomic E-state index is 2.53. The second-order valence-corrected chi connectivity index (χ2v) is 33.1. The summed E-state index contributed by atoms with van der Waals surface area (Å²) < 4.78 is 14.9. The molecule has 6 heteroatoms. The zero-order chi connectivity index (χ0) is 81.2. The third kappa shape index (κ3) is 10.7. The van der Waals surface area contributed by atoms with Crippen molar-refractivity contribution in [1.82, 2.24) is 27.4 Å². The molecule has 0 unspecified atom stereocenters. The Kier molecular flexibility index (Phi) is 15.4. The Hall–Kier alpha value is -16.5. The Bertz CT molecular complexity index is 8880. The molecule has 0 atom stereocenters. The van der Waals surface area contributed by atoms with E-state index in [-0.39, 0.29) is 0 Å². The smallest absolute Gasteiger partial charge is 0.0619 e. The Morgan fingerprint density at radius 1 is 0.113 bits per heavy atom. The van der Waals surface area contributed by atoms with Crippen LogP contribution in [0.4, 0.5) is 0 Å². The van der Waals surface area contributed by atoms with Crippen molar-refractivity contribution in [1.29, 1.82) is 0 Å². The van der Waals surface area contributed by atoms with E-state index >= 15 is 0 Å². The molecule has 0 bridgehead atoms. The first-order valence-electron chi connectivity index (χ1n) is 42.8. The van der Waals surface area contributed by atoms with Gasteiger partial charge in [-0.15, -0.1) is 0 Å². The Balaban J connectivity index is 0.629. The lowest BCUT2D eigenvalue weighted by molar-refractivity contribution is 1.18. The van der Waals surface area contributed by atoms with Crippen LogP contribution in [0.5, 0.6) is 0 Å². The predicted octanol–water partition coefficient (Wildman–Crippen LogP) is 31.4. The summed E-state index contributed by atoms with van der Waals surface area (Å²) in [7, 11) is 0. The van der Waals surface area contributed by atoms with Gasteiger partial charge in [0.2, 0.25) is 0 Å². The van der Waals surface area contributed by atoms with Crippen LogP contribution in [0.3, 0.4) is 0 Å². The molecule has 0 saturated carbocycles. The van der Waals surface area contributed by atoms with E-state index in [4.69, 9.17) is 0 Å². The van der Waals surface area contributed by atoms with Gasteiger partial charge in [-0.2, -0.15) is 0 Å². The van der Waals surface area contributed by atoms with Crippen LogP contribution in [-0.4, -0.2) is 27.4 Å². The molecule has 20 aromatic carbocycles. The molecule has 0 aliphatic carbocycles. The predicted molar refractivity (Wildman–Crippen MR) is 523 cm³/mol. The SMILES string of the molecule is c1ccc(-c2ccc(-n3c4cc(-c5ccc6c(c5)c5ccc(-c7cccc8c9ccccc9n(-c9ccccc9)c78)cc5n6-c5ccccc5)ccc4c4cccc(-c5ccc6c7ccc(-c8ccc9c%10cccc(-c%11ccc%12c%13ccccc%13n(-c%13ccccc%13)c%12c%11)c%10n(-c%10ccc%11ccccc%11c%10)c9c8)cc7n(-c7ccccc7)c6c5)c43)cc2)cc1. The minimum absolute atomic E-state index is 1.09. The molecule has 6 heterocycles. The summed E-state index contributed by atoms with van der Waals surface area (Å²) in [4.78, 5) is 0. The average molecular weight is 1580 g/mol. The zero-order valence-corrected chi connectivity index (χ0v) is 67.4. The van der Waals surface area contributed by atoms with Crippen LogP contribution in [-0.2, 0) is 0 Å². The van der Waals surface area contributed by atoms with E-state index in [2.05, 4.69) is 476 Å². The summed E-state index contributed by atoms with van der Waals surface area (Å²) in [5.41, 5.74) is 34.5. The minimum atomic E-state index is 1.09. The number of para-hydroxylation sites is 9. The number of hydrogen-bond donors (Lipinski definition) is 0. The van der Waals surface area contributed by atoms with Crippen LogP contribution in [0.25, 0.3) is 242 Å². The van der Waals surface area contributed by atoms with Crippen molar-refractivity contribution in [2.45, 2.75) is 0 Å². The van der Waals surface area contributed by atoms with Gasteiger partial charge < -0.3 is 27.4 Å².